The molecule has 0 aliphatic carbocycles. The van der Waals surface area contributed by atoms with E-state index in [0.29, 0.717) is 18.7 Å². The number of hydrogen-bond donors (Lipinski definition) is 1. The number of nitrogens with zero attached hydrogens (tertiary/aromatic N) is 3. The van der Waals surface area contributed by atoms with E-state index in [2.05, 4.69) is 11.9 Å². The van der Waals surface area contributed by atoms with E-state index in [9.17, 15) is 19.1 Å². The van der Waals surface area contributed by atoms with Crippen molar-refractivity contribution < 1.29 is 19.1 Å². The monoisotopic (exact) mass is 427 g/mol. The number of aromatic carboxylic acids is 1. The molecule has 0 unspecified atom stereocenters. The highest BCUT2D eigenvalue weighted by molar-refractivity contribution is 5.94. The number of hydrogen-bond acceptors (Lipinski definition) is 4. The molecule has 1 N–H and O–H groups in total. The zero-order valence-corrected chi connectivity index (χ0v) is 18.3. The summed E-state index contributed by atoms with van der Waals surface area (Å²) in [6.07, 6.45) is 1.65. The molecule has 0 saturated carbocycles. The Kier molecular flexibility index (Phi) is 7.28. The summed E-state index contributed by atoms with van der Waals surface area (Å²) in [5.41, 5.74) is 1.61. The van der Waals surface area contributed by atoms with E-state index in [4.69, 9.17) is 0 Å². The fourth-order valence-electron chi connectivity index (χ4n) is 4.09. The Morgan fingerprint density at radius 1 is 1.03 bits per heavy atom. The number of anilines is 2. The first kappa shape index (κ1) is 22.7. The van der Waals surface area contributed by atoms with Crippen LogP contribution in [0.1, 0.15) is 47.4 Å². The number of likely N-dealkylation sites (tertiary alicyclic amines) is 1. The normalized spacial score (nSPS) is 15.0. The first-order valence-corrected chi connectivity index (χ1v) is 10.8. The molecule has 0 bridgehead atoms. The van der Waals surface area contributed by atoms with E-state index in [1.807, 2.05) is 30.9 Å². The van der Waals surface area contributed by atoms with E-state index in [-0.39, 0.29) is 23.2 Å². The topological polar surface area (TPSA) is 64.1 Å². The van der Waals surface area contributed by atoms with Crippen LogP contribution in [-0.4, -0.2) is 66.1 Å². The predicted octanol–water partition coefficient (Wildman–Crippen LogP) is 4.24. The molecule has 0 spiro atoms. The fraction of sp³-hybridized carbons (Fsp3) is 0.417. The Balaban J connectivity index is 2.01. The number of carboxylic acids is 1. The first-order valence-electron chi connectivity index (χ1n) is 10.8. The lowest BCUT2D eigenvalue weighted by atomic mass is 10.0. The number of rotatable bonds is 7. The summed E-state index contributed by atoms with van der Waals surface area (Å²) in [6.45, 7) is 6.89. The van der Waals surface area contributed by atoms with Gasteiger partial charge in [0.25, 0.3) is 5.91 Å². The lowest BCUT2D eigenvalue weighted by Crippen LogP contribution is -2.42. The molecule has 0 aromatic heterocycles. The highest BCUT2D eigenvalue weighted by Crippen LogP contribution is 2.34. The Morgan fingerprint density at radius 3 is 2.16 bits per heavy atom. The predicted molar refractivity (Wildman–Crippen MR) is 120 cm³/mol. The Hall–Kier alpha value is -2.93. The molecule has 6 nitrogen and oxygen atoms in total. The highest BCUT2D eigenvalue weighted by atomic mass is 19.1. The van der Waals surface area contributed by atoms with Crippen molar-refractivity contribution in [2.24, 2.45) is 0 Å². The second-order valence-electron chi connectivity index (χ2n) is 7.90. The first-order chi connectivity index (χ1) is 14.8. The van der Waals surface area contributed by atoms with E-state index in [1.165, 1.54) is 18.2 Å². The summed E-state index contributed by atoms with van der Waals surface area (Å²) < 4.78 is 14.9. The largest absolute Gasteiger partial charge is 0.478 e. The number of benzene rings is 2. The summed E-state index contributed by atoms with van der Waals surface area (Å²) in [5, 5.41) is 9.40. The number of piperidine rings is 1. The molecule has 2 aromatic rings. The van der Waals surface area contributed by atoms with Gasteiger partial charge < -0.3 is 19.8 Å². The minimum atomic E-state index is -1.09. The maximum atomic E-state index is 14.9. The van der Waals surface area contributed by atoms with Crippen LogP contribution in [0.25, 0.3) is 0 Å². The molecule has 0 radical (unpaired) electrons. The number of carbonyl (C=O) groups is 2. The van der Waals surface area contributed by atoms with Gasteiger partial charge in [-0.3, -0.25) is 4.79 Å². The van der Waals surface area contributed by atoms with Crippen LogP contribution in [0.3, 0.4) is 0 Å². The van der Waals surface area contributed by atoms with Crippen molar-refractivity contribution >= 4 is 23.3 Å². The zero-order chi connectivity index (χ0) is 22.5. The molecule has 1 saturated heterocycles. The van der Waals surface area contributed by atoms with Gasteiger partial charge in [-0.1, -0.05) is 0 Å². The van der Waals surface area contributed by atoms with Crippen LogP contribution >= 0.6 is 0 Å². The van der Waals surface area contributed by atoms with Gasteiger partial charge in [-0.2, -0.15) is 0 Å². The van der Waals surface area contributed by atoms with Gasteiger partial charge in [0, 0.05) is 30.4 Å². The summed E-state index contributed by atoms with van der Waals surface area (Å²) >= 11 is 0. The number of halogens is 1. The Labute approximate surface area is 182 Å². The van der Waals surface area contributed by atoms with Crippen molar-refractivity contribution in [3.8, 4) is 0 Å². The molecule has 7 heteroatoms. The molecule has 1 heterocycles. The van der Waals surface area contributed by atoms with Gasteiger partial charge in [0.2, 0.25) is 0 Å². The number of amides is 1. The van der Waals surface area contributed by atoms with Crippen LogP contribution in [0, 0.1) is 5.82 Å². The molecule has 31 heavy (non-hydrogen) atoms. The van der Waals surface area contributed by atoms with Crippen LogP contribution in [0.2, 0.25) is 0 Å². The van der Waals surface area contributed by atoms with Crippen molar-refractivity contribution in [3.63, 3.8) is 0 Å². The number of carboxylic acid groups (broad SMARTS) is 1. The third-order valence-corrected chi connectivity index (χ3v) is 5.95. The second-order valence-corrected chi connectivity index (χ2v) is 7.90. The smallest absolute Gasteiger partial charge is 0.335 e. The van der Waals surface area contributed by atoms with Gasteiger partial charge in [0.05, 0.1) is 11.3 Å². The lowest BCUT2D eigenvalue weighted by Gasteiger charge is -2.39. The highest BCUT2D eigenvalue weighted by Gasteiger charge is 2.27. The van der Waals surface area contributed by atoms with Crippen molar-refractivity contribution in [1.29, 1.82) is 0 Å². The summed E-state index contributed by atoms with van der Waals surface area (Å²) in [6, 6.07) is 11.1. The van der Waals surface area contributed by atoms with E-state index in [0.717, 1.165) is 31.6 Å². The van der Waals surface area contributed by atoms with Crippen LogP contribution in [0.4, 0.5) is 15.8 Å². The third kappa shape index (κ3) is 5.05. The molecular formula is C24H30FN3O3. The quantitative estimate of drug-likeness (QED) is 0.716. The maximum absolute atomic E-state index is 14.9. The Morgan fingerprint density at radius 2 is 1.61 bits per heavy atom. The van der Waals surface area contributed by atoms with Gasteiger partial charge in [-0.05, 0) is 89.3 Å². The van der Waals surface area contributed by atoms with E-state index >= 15 is 0 Å². The van der Waals surface area contributed by atoms with Gasteiger partial charge >= 0.3 is 5.97 Å². The lowest BCUT2D eigenvalue weighted by molar-refractivity contribution is 0.0695. The molecule has 0 atom stereocenters. The van der Waals surface area contributed by atoms with Gasteiger partial charge in [-0.25, -0.2) is 9.18 Å². The van der Waals surface area contributed by atoms with Crippen molar-refractivity contribution in [3.05, 3.63) is 59.4 Å². The number of carbonyl (C=O) groups excluding carboxylic acids is 1. The second kappa shape index (κ2) is 9.92. The molecule has 1 amide bonds. The summed E-state index contributed by atoms with van der Waals surface area (Å²) in [5.74, 6) is -1.60. The van der Waals surface area contributed by atoms with Crippen LogP contribution < -0.4 is 4.90 Å². The molecule has 2 aromatic carbocycles. The van der Waals surface area contributed by atoms with Gasteiger partial charge in [0.1, 0.15) is 5.82 Å². The Bertz CT molecular complexity index is 920. The summed E-state index contributed by atoms with van der Waals surface area (Å²) in [7, 11) is 2.06. The van der Waals surface area contributed by atoms with Crippen molar-refractivity contribution in [2.75, 3.05) is 38.1 Å². The van der Waals surface area contributed by atoms with E-state index in [1.54, 1.807) is 17.0 Å². The average Bonchev–Trinajstić information content (AvgIpc) is 2.77. The van der Waals surface area contributed by atoms with Gasteiger partial charge in [-0.15, -0.1) is 0 Å². The molecule has 1 aliphatic rings. The SMILES string of the molecule is CCN(CC)C(=O)c1ccc(N(c2cc(C(=O)O)ccc2F)C2CCN(C)CC2)cc1. The molecular weight excluding hydrogens is 397 g/mol. The molecule has 166 valence electrons. The third-order valence-electron chi connectivity index (χ3n) is 5.95. The zero-order valence-electron chi connectivity index (χ0n) is 18.3. The molecule has 1 aliphatic heterocycles. The van der Waals surface area contributed by atoms with Gasteiger partial charge in [0.15, 0.2) is 0 Å². The molecule has 3 rings (SSSR count). The van der Waals surface area contributed by atoms with E-state index < -0.39 is 11.8 Å². The minimum Gasteiger partial charge on any atom is -0.478 e. The standard InChI is InChI=1S/C24H30FN3O3/c1-4-27(5-2)23(29)17-6-9-19(10-7-17)28(20-12-14-26(3)15-13-20)22-16-18(24(30)31)8-11-21(22)25/h6-11,16,20H,4-5,12-15H2,1-3H3,(H,30,31). The molecule has 1 fully saturated rings. The summed E-state index contributed by atoms with van der Waals surface area (Å²) in [4.78, 5) is 30.0. The minimum absolute atomic E-state index is 0.0269. The fourth-order valence-corrected chi connectivity index (χ4v) is 4.09. The van der Waals surface area contributed by atoms with Crippen LogP contribution in [0.5, 0.6) is 0 Å². The maximum Gasteiger partial charge on any atom is 0.335 e. The van der Waals surface area contributed by atoms with Crippen LogP contribution in [-0.2, 0) is 0 Å². The average molecular weight is 428 g/mol. The van der Waals surface area contributed by atoms with Crippen LogP contribution in [0.15, 0.2) is 42.5 Å². The van der Waals surface area contributed by atoms with Crippen molar-refractivity contribution in [2.45, 2.75) is 32.7 Å². The van der Waals surface area contributed by atoms with Crippen molar-refractivity contribution in [1.82, 2.24) is 9.80 Å².